The number of rotatable bonds is 2. The third-order valence-electron chi connectivity index (χ3n) is 9.21. The third-order valence-corrected chi connectivity index (χ3v) is 10.1. The zero-order valence-electron chi connectivity index (χ0n) is 16.0. The van der Waals surface area contributed by atoms with Gasteiger partial charge >= 0.3 is 0 Å². The van der Waals surface area contributed by atoms with Crippen molar-refractivity contribution >= 4 is 10.8 Å². The molecule has 1 N–H and O–H groups in total. The van der Waals surface area contributed by atoms with E-state index in [1.165, 1.54) is 51.4 Å². The highest BCUT2D eigenvalue weighted by Crippen LogP contribution is 2.72. The van der Waals surface area contributed by atoms with Crippen LogP contribution in [0.15, 0.2) is 0 Å². The van der Waals surface area contributed by atoms with E-state index in [1.54, 1.807) is 0 Å². The fraction of sp³-hybridized carbons (Fsp3) is 1.00. The normalized spacial score (nSPS) is 54.0. The average Bonchev–Trinajstić information content (AvgIpc) is 2.49. The maximum atomic E-state index is 11.9. The van der Waals surface area contributed by atoms with Crippen LogP contribution in [0.2, 0.25) is 0 Å². The van der Waals surface area contributed by atoms with Crippen molar-refractivity contribution in [3.8, 4) is 0 Å². The number of hydrogen-bond donors (Lipinski definition) is 1. The summed E-state index contributed by atoms with van der Waals surface area (Å²) in [5, 5.41) is 11.4. The minimum absolute atomic E-state index is 0.136. The Hall–Kier alpha value is 0.110. The molecule has 0 aromatic heterocycles. The van der Waals surface area contributed by atoms with Crippen LogP contribution in [0.5, 0.6) is 0 Å². The summed E-state index contributed by atoms with van der Waals surface area (Å²) in [4.78, 5) is 0. The third kappa shape index (κ3) is 2.25. The Morgan fingerprint density at radius 1 is 1.04 bits per heavy atom. The molecule has 2 nitrogen and oxygen atoms in total. The SMILES string of the molecule is CS(=O)C[C@H]1[C@@H]2CC[C@@]3(CCC4C(C)(C)CCC[C@@]4(C)C3C2)[C@@H]1O. The molecule has 0 amide bonds. The summed E-state index contributed by atoms with van der Waals surface area (Å²) in [5.74, 6) is 3.12. The van der Waals surface area contributed by atoms with Crippen molar-refractivity contribution < 1.29 is 9.32 Å². The maximum Gasteiger partial charge on any atom is 0.0638 e. The molecule has 0 saturated heterocycles. The summed E-state index contributed by atoms with van der Waals surface area (Å²) in [5.41, 5.74) is 1.01. The van der Waals surface area contributed by atoms with Gasteiger partial charge in [-0.05, 0) is 84.9 Å². The predicted molar refractivity (Wildman–Crippen MR) is 100 cm³/mol. The summed E-state index contributed by atoms with van der Waals surface area (Å²) in [6, 6.07) is 0. The summed E-state index contributed by atoms with van der Waals surface area (Å²) in [7, 11) is -0.792. The highest BCUT2D eigenvalue weighted by Gasteiger charge is 2.66. The van der Waals surface area contributed by atoms with Gasteiger partial charge in [-0.3, -0.25) is 4.21 Å². The van der Waals surface area contributed by atoms with Gasteiger partial charge in [0.25, 0.3) is 0 Å². The first kappa shape index (κ1) is 17.5. The van der Waals surface area contributed by atoms with E-state index in [0.717, 1.165) is 5.92 Å². The Morgan fingerprint density at radius 3 is 2.46 bits per heavy atom. The Balaban J connectivity index is 1.70. The molecule has 5 fully saturated rings. The van der Waals surface area contributed by atoms with Crippen LogP contribution in [0.3, 0.4) is 0 Å². The van der Waals surface area contributed by atoms with E-state index in [-0.39, 0.29) is 17.4 Å². The lowest BCUT2D eigenvalue weighted by Crippen LogP contribution is -2.66. The van der Waals surface area contributed by atoms with Gasteiger partial charge in [0.15, 0.2) is 0 Å². The average molecular weight is 353 g/mol. The molecule has 3 heteroatoms. The molecule has 0 aromatic carbocycles. The van der Waals surface area contributed by atoms with E-state index in [4.69, 9.17) is 0 Å². The van der Waals surface area contributed by atoms with Crippen LogP contribution in [-0.2, 0) is 10.8 Å². The Kier molecular flexibility index (Phi) is 4.05. The second-order valence-electron chi connectivity index (χ2n) is 10.6. The first-order valence-electron chi connectivity index (χ1n) is 10.2. The van der Waals surface area contributed by atoms with Crippen LogP contribution in [0.4, 0.5) is 0 Å². The Labute approximate surface area is 150 Å². The van der Waals surface area contributed by atoms with Gasteiger partial charge in [-0.2, -0.15) is 0 Å². The fourth-order valence-corrected chi connectivity index (χ4v) is 9.30. The monoisotopic (exact) mass is 352 g/mol. The minimum Gasteiger partial charge on any atom is -0.392 e. The van der Waals surface area contributed by atoms with Gasteiger partial charge in [0, 0.05) is 22.8 Å². The van der Waals surface area contributed by atoms with Crippen molar-refractivity contribution in [1.82, 2.24) is 0 Å². The first-order valence-corrected chi connectivity index (χ1v) is 11.9. The summed E-state index contributed by atoms with van der Waals surface area (Å²) in [6.07, 6.45) is 12.0. The summed E-state index contributed by atoms with van der Waals surface area (Å²) < 4.78 is 11.9. The van der Waals surface area contributed by atoms with Gasteiger partial charge in [0.2, 0.25) is 0 Å². The highest BCUT2D eigenvalue weighted by atomic mass is 32.2. The molecule has 3 unspecified atom stereocenters. The van der Waals surface area contributed by atoms with Gasteiger partial charge in [-0.15, -0.1) is 0 Å². The van der Waals surface area contributed by atoms with Crippen LogP contribution >= 0.6 is 0 Å². The zero-order chi connectivity index (χ0) is 17.3. The first-order chi connectivity index (χ1) is 11.2. The van der Waals surface area contributed by atoms with Gasteiger partial charge in [0.1, 0.15) is 0 Å². The van der Waals surface area contributed by atoms with Crippen molar-refractivity contribution in [2.45, 2.75) is 78.2 Å². The van der Waals surface area contributed by atoms with Crippen molar-refractivity contribution in [3.63, 3.8) is 0 Å². The van der Waals surface area contributed by atoms with Crippen LogP contribution in [0.25, 0.3) is 0 Å². The van der Waals surface area contributed by atoms with E-state index in [9.17, 15) is 9.32 Å². The van der Waals surface area contributed by atoms with E-state index < -0.39 is 10.8 Å². The van der Waals surface area contributed by atoms with E-state index in [2.05, 4.69) is 20.8 Å². The minimum atomic E-state index is -0.792. The van der Waals surface area contributed by atoms with Crippen LogP contribution in [-0.4, -0.2) is 27.4 Å². The van der Waals surface area contributed by atoms with Crippen LogP contribution in [0.1, 0.15) is 72.1 Å². The van der Waals surface area contributed by atoms with Gasteiger partial charge in [-0.1, -0.05) is 27.2 Å². The highest BCUT2D eigenvalue weighted by molar-refractivity contribution is 7.84. The second-order valence-corrected chi connectivity index (χ2v) is 12.1. The molecule has 0 heterocycles. The number of aliphatic hydroxyl groups is 1. The van der Waals surface area contributed by atoms with Crippen molar-refractivity contribution in [2.75, 3.05) is 12.0 Å². The van der Waals surface area contributed by atoms with E-state index in [0.29, 0.717) is 28.4 Å². The van der Waals surface area contributed by atoms with Crippen molar-refractivity contribution in [1.29, 1.82) is 0 Å². The maximum absolute atomic E-state index is 11.9. The van der Waals surface area contributed by atoms with E-state index >= 15 is 0 Å². The molecule has 5 aliphatic carbocycles. The molecule has 5 rings (SSSR count). The number of aliphatic hydroxyl groups excluding tert-OH is 1. The molecular formula is C21H36O2S. The fourth-order valence-electron chi connectivity index (χ4n) is 8.30. The van der Waals surface area contributed by atoms with Gasteiger partial charge in [-0.25, -0.2) is 0 Å². The summed E-state index contributed by atoms with van der Waals surface area (Å²) >= 11 is 0. The largest absolute Gasteiger partial charge is 0.392 e. The lowest BCUT2D eigenvalue weighted by atomic mass is 9.36. The lowest BCUT2D eigenvalue weighted by molar-refractivity contribution is -0.238. The second kappa shape index (κ2) is 5.55. The molecule has 2 bridgehead atoms. The molecular weight excluding hydrogens is 316 g/mol. The number of fused-ring (bicyclic) bond motifs is 3. The van der Waals surface area contributed by atoms with Gasteiger partial charge in [0.05, 0.1) is 6.10 Å². The van der Waals surface area contributed by atoms with E-state index in [1.807, 2.05) is 6.26 Å². The van der Waals surface area contributed by atoms with Crippen molar-refractivity contribution in [2.24, 2.45) is 39.9 Å². The molecule has 8 atom stereocenters. The zero-order valence-corrected chi connectivity index (χ0v) is 16.8. The molecule has 0 radical (unpaired) electrons. The standard InChI is InChI=1S/C21H36O2S/c1-19(2)8-5-9-20(3)16(19)7-11-21-10-6-14(12-17(20)21)15(18(21)22)13-24(4)23/h14-18,22H,5-13H2,1-4H3/t14-,15+,16?,17?,18-,20-,21+,24?/m1/s1. The van der Waals surface area contributed by atoms with Gasteiger partial charge < -0.3 is 5.11 Å². The summed E-state index contributed by atoms with van der Waals surface area (Å²) in [6.45, 7) is 7.56. The number of hydrogen-bond acceptors (Lipinski definition) is 2. The smallest absolute Gasteiger partial charge is 0.0638 e. The predicted octanol–water partition coefficient (Wildman–Crippen LogP) is 4.38. The molecule has 0 aliphatic heterocycles. The quantitative estimate of drug-likeness (QED) is 0.800. The lowest BCUT2D eigenvalue weighted by Gasteiger charge is -2.70. The Bertz CT molecular complexity index is 544. The topological polar surface area (TPSA) is 37.3 Å². The Morgan fingerprint density at radius 2 is 1.75 bits per heavy atom. The molecule has 5 aliphatic rings. The van der Waals surface area contributed by atoms with Crippen LogP contribution < -0.4 is 0 Å². The molecule has 0 aromatic rings. The molecule has 138 valence electrons. The molecule has 24 heavy (non-hydrogen) atoms. The molecule has 5 saturated carbocycles. The van der Waals surface area contributed by atoms with Crippen molar-refractivity contribution in [3.05, 3.63) is 0 Å². The van der Waals surface area contributed by atoms with Crippen LogP contribution in [0, 0.1) is 39.9 Å². The molecule has 1 spiro atoms.